The lowest BCUT2D eigenvalue weighted by Gasteiger charge is -2.43. The van der Waals surface area contributed by atoms with Crippen LogP contribution in [0.15, 0.2) is 12.4 Å². The van der Waals surface area contributed by atoms with Crippen LogP contribution in [-0.4, -0.2) is 70.0 Å². The van der Waals surface area contributed by atoms with Gasteiger partial charge < -0.3 is 14.5 Å². The van der Waals surface area contributed by atoms with Crippen molar-refractivity contribution in [3.8, 4) is 0 Å². The van der Waals surface area contributed by atoms with Crippen LogP contribution in [0.5, 0.6) is 0 Å². The van der Waals surface area contributed by atoms with Gasteiger partial charge in [-0.05, 0) is 32.6 Å². The maximum atomic E-state index is 12.7. The molecule has 136 valence electrons. The summed E-state index contributed by atoms with van der Waals surface area (Å²) < 4.78 is 5.43. The molecule has 1 aromatic rings. The van der Waals surface area contributed by atoms with E-state index in [-0.39, 0.29) is 23.9 Å². The van der Waals surface area contributed by atoms with E-state index in [0.717, 1.165) is 31.4 Å². The second-order valence-corrected chi connectivity index (χ2v) is 6.86. The van der Waals surface area contributed by atoms with E-state index in [1.165, 1.54) is 6.20 Å². The third-order valence-corrected chi connectivity index (χ3v) is 5.03. The van der Waals surface area contributed by atoms with Gasteiger partial charge in [-0.3, -0.25) is 14.6 Å². The Kier molecular flexibility index (Phi) is 5.63. The van der Waals surface area contributed by atoms with E-state index in [1.54, 1.807) is 13.1 Å². The average molecular weight is 346 g/mol. The van der Waals surface area contributed by atoms with Gasteiger partial charge in [0.1, 0.15) is 5.69 Å². The largest absolute Gasteiger partial charge is 0.381 e. The van der Waals surface area contributed by atoms with E-state index in [1.807, 2.05) is 16.7 Å². The quantitative estimate of drug-likeness (QED) is 0.827. The number of carbonyl (C=O) groups is 2. The molecule has 0 radical (unpaired) electrons. The predicted molar refractivity (Wildman–Crippen MR) is 92.1 cm³/mol. The van der Waals surface area contributed by atoms with Crippen LogP contribution in [0.1, 0.15) is 48.8 Å². The SMILES string of the molecule is CC(=O)N(C1CCOCC1)C1CCCN(C(=O)c2cnc(C)cn2)C1. The molecule has 0 bridgehead atoms. The zero-order valence-electron chi connectivity index (χ0n) is 15.0. The van der Waals surface area contributed by atoms with E-state index in [0.29, 0.717) is 32.0 Å². The summed E-state index contributed by atoms with van der Waals surface area (Å²) in [5, 5.41) is 0. The molecule has 1 unspecified atom stereocenters. The van der Waals surface area contributed by atoms with Crippen molar-refractivity contribution in [1.82, 2.24) is 19.8 Å². The standard InChI is InChI=1S/C18H26N4O3/c1-13-10-20-17(11-19-13)18(24)21-7-3-4-16(12-21)22(14(2)23)15-5-8-25-9-6-15/h10-11,15-16H,3-9,12H2,1-2H3. The highest BCUT2D eigenvalue weighted by molar-refractivity contribution is 5.92. The number of aromatic nitrogens is 2. The molecule has 3 heterocycles. The van der Waals surface area contributed by atoms with Crippen molar-refractivity contribution >= 4 is 11.8 Å². The lowest BCUT2D eigenvalue weighted by atomic mass is 9.98. The van der Waals surface area contributed by atoms with Crippen LogP contribution in [0, 0.1) is 6.92 Å². The van der Waals surface area contributed by atoms with E-state index < -0.39 is 0 Å². The Balaban J connectivity index is 1.71. The molecule has 0 spiro atoms. The number of likely N-dealkylation sites (tertiary alicyclic amines) is 1. The minimum atomic E-state index is -0.104. The topological polar surface area (TPSA) is 75.6 Å². The summed E-state index contributed by atoms with van der Waals surface area (Å²) in [4.78, 5) is 37.2. The van der Waals surface area contributed by atoms with Gasteiger partial charge in [-0.15, -0.1) is 0 Å². The highest BCUT2D eigenvalue weighted by atomic mass is 16.5. The first-order valence-corrected chi connectivity index (χ1v) is 9.01. The molecule has 0 aromatic carbocycles. The molecule has 0 aliphatic carbocycles. The van der Waals surface area contributed by atoms with Crippen molar-refractivity contribution in [2.75, 3.05) is 26.3 Å². The number of carbonyl (C=O) groups excluding carboxylic acids is 2. The zero-order chi connectivity index (χ0) is 17.8. The fraction of sp³-hybridized carbons (Fsp3) is 0.667. The van der Waals surface area contributed by atoms with Crippen molar-refractivity contribution in [3.05, 3.63) is 23.8 Å². The van der Waals surface area contributed by atoms with Crippen LogP contribution in [-0.2, 0) is 9.53 Å². The van der Waals surface area contributed by atoms with Gasteiger partial charge in [0, 0.05) is 51.5 Å². The highest BCUT2D eigenvalue weighted by Gasteiger charge is 2.34. The van der Waals surface area contributed by atoms with Gasteiger partial charge >= 0.3 is 0 Å². The highest BCUT2D eigenvalue weighted by Crippen LogP contribution is 2.24. The van der Waals surface area contributed by atoms with Crippen molar-refractivity contribution in [2.24, 2.45) is 0 Å². The molecule has 2 fully saturated rings. The maximum absolute atomic E-state index is 12.7. The number of hydrogen-bond acceptors (Lipinski definition) is 5. The van der Waals surface area contributed by atoms with Crippen LogP contribution in [0.4, 0.5) is 0 Å². The fourth-order valence-electron chi connectivity index (χ4n) is 3.81. The van der Waals surface area contributed by atoms with E-state index >= 15 is 0 Å². The Morgan fingerprint density at radius 1 is 1.16 bits per heavy atom. The van der Waals surface area contributed by atoms with Gasteiger partial charge in [-0.1, -0.05) is 0 Å². The monoisotopic (exact) mass is 346 g/mol. The normalized spacial score (nSPS) is 21.8. The van der Waals surface area contributed by atoms with Gasteiger partial charge in [0.2, 0.25) is 5.91 Å². The van der Waals surface area contributed by atoms with Crippen LogP contribution >= 0.6 is 0 Å². The van der Waals surface area contributed by atoms with Gasteiger partial charge in [-0.25, -0.2) is 4.98 Å². The maximum Gasteiger partial charge on any atom is 0.274 e. The number of nitrogens with zero attached hydrogens (tertiary/aromatic N) is 4. The summed E-state index contributed by atoms with van der Waals surface area (Å²) in [6.07, 6.45) is 6.70. The summed E-state index contributed by atoms with van der Waals surface area (Å²) >= 11 is 0. The number of hydrogen-bond donors (Lipinski definition) is 0. The molecule has 2 amide bonds. The van der Waals surface area contributed by atoms with E-state index in [2.05, 4.69) is 9.97 Å². The van der Waals surface area contributed by atoms with Crippen molar-refractivity contribution in [1.29, 1.82) is 0 Å². The lowest BCUT2D eigenvalue weighted by molar-refractivity contribution is -0.137. The lowest BCUT2D eigenvalue weighted by Crippen LogP contribution is -2.55. The number of amides is 2. The van der Waals surface area contributed by atoms with E-state index in [4.69, 9.17) is 4.74 Å². The van der Waals surface area contributed by atoms with Gasteiger partial charge in [0.25, 0.3) is 5.91 Å². The van der Waals surface area contributed by atoms with Crippen LogP contribution in [0.3, 0.4) is 0 Å². The molecular weight excluding hydrogens is 320 g/mol. The summed E-state index contributed by atoms with van der Waals surface area (Å²) in [6.45, 7) is 6.12. The van der Waals surface area contributed by atoms with Gasteiger partial charge in [0.15, 0.2) is 0 Å². The molecule has 0 saturated carbocycles. The van der Waals surface area contributed by atoms with Crippen molar-refractivity contribution in [3.63, 3.8) is 0 Å². The third kappa shape index (κ3) is 4.15. The number of ether oxygens (including phenoxy) is 1. The van der Waals surface area contributed by atoms with Crippen LogP contribution < -0.4 is 0 Å². The molecule has 0 N–H and O–H groups in total. The molecule has 2 aliphatic rings. The fourth-order valence-corrected chi connectivity index (χ4v) is 3.81. The molecule has 2 aliphatic heterocycles. The molecule has 7 nitrogen and oxygen atoms in total. The summed E-state index contributed by atoms with van der Waals surface area (Å²) in [5.74, 6) is -0.0194. The molecule has 1 atom stereocenters. The molecule has 1 aromatic heterocycles. The van der Waals surface area contributed by atoms with Crippen molar-refractivity contribution in [2.45, 2.75) is 51.6 Å². The Morgan fingerprint density at radius 2 is 1.92 bits per heavy atom. The minimum Gasteiger partial charge on any atom is -0.381 e. The first-order chi connectivity index (χ1) is 12.1. The number of piperidine rings is 1. The molecule has 7 heteroatoms. The van der Waals surface area contributed by atoms with Gasteiger partial charge in [-0.2, -0.15) is 0 Å². The first kappa shape index (κ1) is 17.8. The number of rotatable bonds is 3. The number of aryl methyl sites for hydroxylation is 1. The molecule has 2 saturated heterocycles. The second kappa shape index (κ2) is 7.91. The molecule has 25 heavy (non-hydrogen) atoms. The predicted octanol–water partition coefficient (Wildman–Crippen LogP) is 1.42. The Hall–Kier alpha value is -2.02. The second-order valence-electron chi connectivity index (χ2n) is 6.86. The summed E-state index contributed by atoms with van der Waals surface area (Å²) in [5.41, 5.74) is 1.15. The smallest absolute Gasteiger partial charge is 0.274 e. The third-order valence-electron chi connectivity index (χ3n) is 5.03. The van der Waals surface area contributed by atoms with Crippen molar-refractivity contribution < 1.29 is 14.3 Å². The summed E-state index contributed by atoms with van der Waals surface area (Å²) in [7, 11) is 0. The minimum absolute atomic E-state index is 0.0664. The van der Waals surface area contributed by atoms with E-state index in [9.17, 15) is 9.59 Å². The Bertz CT molecular complexity index is 613. The average Bonchev–Trinajstić information content (AvgIpc) is 2.63. The molecular formula is C18H26N4O3. The first-order valence-electron chi connectivity index (χ1n) is 9.01. The van der Waals surface area contributed by atoms with Gasteiger partial charge in [0.05, 0.1) is 11.9 Å². The van der Waals surface area contributed by atoms with Crippen LogP contribution in [0.2, 0.25) is 0 Å². The molecule has 3 rings (SSSR count). The van der Waals surface area contributed by atoms with Crippen LogP contribution in [0.25, 0.3) is 0 Å². The zero-order valence-corrected chi connectivity index (χ0v) is 15.0. The summed E-state index contributed by atoms with van der Waals surface area (Å²) in [6, 6.07) is 0.280. The Labute approximate surface area is 148 Å². The Morgan fingerprint density at radius 3 is 2.56 bits per heavy atom.